The Morgan fingerprint density at radius 2 is 2.08 bits per heavy atom. The van der Waals surface area contributed by atoms with Gasteiger partial charge in [0.15, 0.2) is 5.16 Å². The number of para-hydroxylation sites is 1. The number of benzene rings is 1. The van der Waals surface area contributed by atoms with Crippen molar-refractivity contribution in [2.45, 2.75) is 29.9 Å². The number of hydrogen-bond acceptors (Lipinski definition) is 5. The zero-order valence-electron chi connectivity index (χ0n) is 13.1. The number of carbonyl (C=O) groups is 1. The van der Waals surface area contributed by atoms with Crippen molar-refractivity contribution < 1.29 is 18.0 Å². The van der Waals surface area contributed by atoms with Crippen LogP contribution >= 0.6 is 11.8 Å². The van der Waals surface area contributed by atoms with E-state index in [1.165, 1.54) is 18.2 Å². The summed E-state index contributed by atoms with van der Waals surface area (Å²) in [5, 5.41) is 1.65. The number of aromatic amines is 1. The molecule has 2 aromatic rings. The number of nitrogens with one attached hydrogen (secondary N) is 2. The van der Waals surface area contributed by atoms with E-state index in [-0.39, 0.29) is 16.7 Å². The van der Waals surface area contributed by atoms with Gasteiger partial charge in [-0.2, -0.15) is 13.2 Å². The van der Waals surface area contributed by atoms with Crippen LogP contribution in [0, 0.1) is 0 Å². The topological polar surface area (TPSA) is 101 Å². The van der Waals surface area contributed by atoms with Gasteiger partial charge in [-0.15, -0.1) is 0 Å². The largest absolute Gasteiger partial charge is 0.418 e. The summed E-state index contributed by atoms with van der Waals surface area (Å²) in [7, 11) is 0. The Morgan fingerprint density at radius 3 is 2.68 bits per heavy atom. The summed E-state index contributed by atoms with van der Waals surface area (Å²) < 4.78 is 39.0. The maximum absolute atomic E-state index is 13.0. The molecule has 0 saturated carbocycles. The predicted octanol–water partition coefficient (Wildman–Crippen LogP) is 2.88. The first kappa shape index (κ1) is 18.8. The third kappa shape index (κ3) is 4.99. The number of nitrogen functional groups attached to an aromatic ring is 1. The van der Waals surface area contributed by atoms with Crippen LogP contribution in [-0.2, 0) is 11.0 Å². The Morgan fingerprint density at radius 1 is 1.40 bits per heavy atom. The van der Waals surface area contributed by atoms with Crippen molar-refractivity contribution in [3.63, 3.8) is 0 Å². The number of nitrogens with two attached hydrogens (primary N) is 1. The highest BCUT2D eigenvalue weighted by molar-refractivity contribution is 8.00. The number of carbonyl (C=O) groups excluding carboxylic acids is 1. The molecule has 1 aromatic carbocycles. The minimum atomic E-state index is -4.58. The van der Waals surface area contributed by atoms with Crippen LogP contribution in [-0.4, -0.2) is 21.1 Å². The van der Waals surface area contributed by atoms with Crippen molar-refractivity contribution in [3.8, 4) is 0 Å². The average molecular weight is 372 g/mol. The van der Waals surface area contributed by atoms with Crippen LogP contribution in [0.15, 0.2) is 40.3 Å². The maximum atomic E-state index is 13.0. The van der Waals surface area contributed by atoms with E-state index in [9.17, 15) is 22.8 Å². The van der Waals surface area contributed by atoms with Crippen molar-refractivity contribution in [3.05, 3.63) is 46.2 Å². The van der Waals surface area contributed by atoms with Gasteiger partial charge in [-0.25, -0.2) is 4.98 Å². The fourth-order valence-electron chi connectivity index (χ4n) is 2.02. The molecule has 0 saturated heterocycles. The molecule has 4 N–H and O–H groups in total. The number of aromatic nitrogens is 2. The molecule has 10 heteroatoms. The lowest BCUT2D eigenvalue weighted by molar-refractivity contribution is -0.137. The van der Waals surface area contributed by atoms with Crippen LogP contribution in [0.3, 0.4) is 0 Å². The van der Waals surface area contributed by atoms with Crippen LogP contribution < -0.4 is 16.6 Å². The molecule has 1 heterocycles. The van der Waals surface area contributed by atoms with E-state index in [1.54, 1.807) is 6.92 Å². The molecule has 0 aliphatic carbocycles. The lowest BCUT2D eigenvalue weighted by Gasteiger charge is -2.17. The quantitative estimate of drug-likeness (QED) is 0.553. The normalized spacial score (nSPS) is 12.6. The number of halogens is 3. The van der Waals surface area contributed by atoms with Gasteiger partial charge in [0, 0.05) is 6.07 Å². The van der Waals surface area contributed by atoms with E-state index < -0.39 is 28.5 Å². The van der Waals surface area contributed by atoms with Crippen LogP contribution in [0.25, 0.3) is 0 Å². The van der Waals surface area contributed by atoms with Crippen LogP contribution in [0.5, 0.6) is 0 Å². The first-order chi connectivity index (χ1) is 11.7. The summed E-state index contributed by atoms with van der Waals surface area (Å²) in [5.41, 5.74) is 3.74. The van der Waals surface area contributed by atoms with Crippen LogP contribution in [0.1, 0.15) is 18.9 Å². The second kappa shape index (κ2) is 7.60. The highest BCUT2D eigenvalue weighted by atomic mass is 32.2. The minimum absolute atomic E-state index is 0.0103. The van der Waals surface area contributed by atoms with Crippen molar-refractivity contribution in [1.29, 1.82) is 0 Å². The molecule has 0 fully saturated rings. The van der Waals surface area contributed by atoms with Gasteiger partial charge in [0.2, 0.25) is 5.91 Å². The third-order valence-corrected chi connectivity index (χ3v) is 4.40. The standard InChI is InChI=1S/C15H15F3N4O2S/c1-2-10(25-14-21-11(19)7-12(23)22-14)13(24)20-9-6-4-3-5-8(9)15(16,17)18/h3-7,10H,2H2,1H3,(H,20,24)(H3,19,21,22,23). The number of nitrogens with zero attached hydrogens (tertiary/aromatic N) is 1. The van der Waals surface area contributed by atoms with Crippen molar-refractivity contribution in [1.82, 2.24) is 9.97 Å². The van der Waals surface area contributed by atoms with Gasteiger partial charge in [-0.3, -0.25) is 9.59 Å². The van der Waals surface area contributed by atoms with Crippen LogP contribution in [0.2, 0.25) is 0 Å². The SMILES string of the molecule is CCC(Sc1nc(N)cc(=O)[nH]1)C(=O)Nc1ccccc1C(F)(F)F. The zero-order chi connectivity index (χ0) is 18.6. The molecule has 2 rings (SSSR count). The van der Waals surface area contributed by atoms with Gasteiger partial charge >= 0.3 is 6.18 Å². The summed E-state index contributed by atoms with van der Waals surface area (Å²) in [5.74, 6) is -0.641. The minimum Gasteiger partial charge on any atom is -0.383 e. The Bertz CT molecular complexity index is 823. The fraction of sp³-hybridized carbons (Fsp3) is 0.267. The second-order valence-electron chi connectivity index (χ2n) is 5.02. The lowest BCUT2D eigenvalue weighted by Crippen LogP contribution is -2.26. The van der Waals surface area contributed by atoms with E-state index in [0.29, 0.717) is 6.42 Å². The summed E-state index contributed by atoms with van der Waals surface area (Å²) >= 11 is 0.918. The fourth-order valence-corrected chi connectivity index (χ4v) is 2.94. The number of thioether (sulfide) groups is 1. The molecule has 1 atom stereocenters. The molecule has 0 radical (unpaired) electrons. The van der Waals surface area contributed by atoms with E-state index in [2.05, 4.69) is 15.3 Å². The lowest BCUT2D eigenvalue weighted by atomic mass is 10.1. The Labute approximate surface area is 145 Å². The number of amides is 1. The Hall–Kier alpha value is -2.49. The zero-order valence-corrected chi connectivity index (χ0v) is 13.9. The molecule has 0 aliphatic heterocycles. The molecular formula is C15H15F3N4O2S. The van der Waals surface area contributed by atoms with Crippen molar-refractivity contribution in [2.24, 2.45) is 0 Å². The van der Waals surface area contributed by atoms with Crippen LogP contribution in [0.4, 0.5) is 24.7 Å². The Kier molecular flexibility index (Phi) is 5.73. The highest BCUT2D eigenvalue weighted by Crippen LogP contribution is 2.35. The molecule has 134 valence electrons. The molecule has 1 amide bonds. The monoisotopic (exact) mass is 372 g/mol. The van der Waals surface area contributed by atoms with Gasteiger partial charge < -0.3 is 16.0 Å². The number of alkyl halides is 3. The van der Waals surface area contributed by atoms with Gasteiger partial charge in [0.05, 0.1) is 16.5 Å². The molecule has 25 heavy (non-hydrogen) atoms. The highest BCUT2D eigenvalue weighted by Gasteiger charge is 2.34. The second-order valence-corrected chi connectivity index (χ2v) is 6.21. The first-order valence-corrected chi connectivity index (χ1v) is 8.09. The predicted molar refractivity (Wildman–Crippen MR) is 89.3 cm³/mol. The maximum Gasteiger partial charge on any atom is 0.418 e. The average Bonchev–Trinajstić information content (AvgIpc) is 2.51. The molecule has 1 unspecified atom stereocenters. The van der Waals surface area contributed by atoms with E-state index in [1.807, 2.05) is 0 Å². The molecule has 1 aromatic heterocycles. The van der Waals surface area contributed by atoms with Gasteiger partial charge in [-0.05, 0) is 18.6 Å². The van der Waals surface area contributed by atoms with Crippen molar-refractivity contribution >= 4 is 29.2 Å². The van der Waals surface area contributed by atoms with Gasteiger partial charge in [-0.1, -0.05) is 30.8 Å². The summed E-state index contributed by atoms with van der Waals surface area (Å²) in [6, 6.07) is 5.80. The molecule has 0 spiro atoms. The van der Waals surface area contributed by atoms with Crippen molar-refractivity contribution in [2.75, 3.05) is 11.1 Å². The van der Waals surface area contributed by atoms with Gasteiger partial charge in [0.25, 0.3) is 5.56 Å². The molecule has 0 bridgehead atoms. The summed E-state index contributed by atoms with van der Waals surface area (Å²) in [6.07, 6.45) is -4.28. The summed E-state index contributed by atoms with van der Waals surface area (Å²) in [6.45, 7) is 1.69. The number of anilines is 2. The van der Waals surface area contributed by atoms with E-state index in [0.717, 1.165) is 23.9 Å². The smallest absolute Gasteiger partial charge is 0.383 e. The molecule has 0 aliphatic rings. The first-order valence-electron chi connectivity index (χ1n) is 7.21. The Balaban J connectivity index is 2.20. The number of H-pyrrole nitrogens is 1. The van der Waals surface area contributed by atoms with E-state index in [4.69, 9.17) is 5.73 Å². The molecular weight excluding hydrogens is 357 g/mol. The van der Waals surface area contributed by atoms with E-state index >= 15 is 0 Å². The van der Waals surface area contributed by atoms with Gasteiger partial charge in [0.1, 0.15) is 5.82 Å². The summed E-state index contributed by atoms with van der Waals surface area (Å²) in [4.78, 5) is 30.0. The number of rotatable bonds is 5. The number of hydrogen-bond donors (Lipinski definition) is 3. The third-order valence-electron chi connectivity index (χ3n) is 3.15. The molecule has 6 nitrogen and oxygen atoms in total.